The molecule has 1 saturated carbocycles. The van der Waals surface area contributed by atoms with Crippen molar-refractivity contribution in [3.05, 3.63) is 18.0 Å². The Kier molecular flexibility index (Phi) is 3.99. The molecule has 2 unspecified atom stereocenters. The van der Waals surface area contributed by atoms with Gasteiger partial charge in [-0.25, -0.2) is 0 Å². The molecule has 0 aromatic carbocycles. The number of aryl methyl sites for hydroxylation is 1. The lowest BCUT2D eigenvalue weighted by molar-refractivity contribution is 0.169. The quantitative estimate of drug-likeness (QED) is 0.745. The summed E-state index contributed by atoms with van der Waals surface area (Å²) in [6.45, 7) is 4.58. The summed E-state index contributed by atoms with van der Waals surface area (Å²) in [6.07, 6.45) is 7.22. The minimum atomic E-state index is 0.860. The molecule has 1 fully saturated rings. The number of hydrogen-bond donors (Lipinski definition) is 1. The average Bonchev–Trinajstić information content (AvgIpc) is 2.66. The maximum Gasteiger partial charge on any atom is 0.0627 e. The van der Waals surface area contributed by atoms with Crippen LogP contribution < -0.4 is 5.32 Å². The van der Waals surface area contributed by atoms with Gasteiger partial charge in [0.2, 0.25) is 0 Å². The van der Waals surface area contributed by atoms with Crippen LogP contribution in [0, 0.1) is 11.8 Å². The zero-order valence-electron chi connectivity index (χ0n) is 10.4. The molecule has 1 aromatic rings. The second kappa shape index (κ2) is 5.48. The molecule has 3 heteroatoms. The lowest BCUT2D eigenvalue weighted by Gasteiger charge is -2.36. The van der Waals surface area contributed by atoms with Crippen molar-refractivity contribution in [2.45, 2.75) is 32.6 Å². The average molecular weight is 221 g/mol. The molecule has 3 nitrogen and oxygen atoms in total. The molecule has 2 rings (SSSR count). The minimum Gasteiger partial charge on any atom is -0.316 e. The van der Waals surface area contributed by atoms with Gasteiger partial charge in [-0.2, -0.15) is 5.10 Å². The van der Waals surface area contributed by atoms with Crippen LogP contribution >= 0.6 is 0 Å². The highest BCUT2D eigenvalue weighted by Crippen LogP contribution is 2.35. The SMILES string of the molecule is CCCNCC1CCC1Cc1ccn(C)n1. The highest BCUT2D eigenvalue weighted by Gasteiger charge is 2.30. The van der Waals surface area contributed by atoms with Gasteiger partial charge in [-0.1, -0.05) is 6.92 Å². The van der Waals surface area contributed by atoms with Gasteiger partial charge in [-0.15, -0.1) is 0 Å². The Balaban J connectivity index is 1.74. The van der Waals surface area contributed by atoms with Crippen LogP contribution in [0.3, 0.4) is 0 Å². The third-order valence-electron chi connectivity index (χ3n) is 3.65. The van der Waals surface area contributed by atoms with Crippen molar-refractivity contribution in [3.63, 3.8) is 0 Å². The van der Waals surface area contributed by atoms with Crippen molar-refractivity contribution in [2.24, 2.45) is 18.9 Å². The van der Waals surface area contributed by atoms with Crippen molar-refractivity contribution >= 4 is 0 Å². The molecule has 2 atom stereocenters. The summed E-state index contributed by atoms with van der Waals surface area (Å²) in [7, 11) is 1.99. The highest BCUT2D eigenvalue weighted by molar-refractivity contribution is 5.02. The molecule has 1 heterocycles. The van der Waals surface area contributed by atoms with Gasteiger partial charge in [0.1, 0.15) is 0 Å². The summed E-state index contributed by atoms with van der Waals surface area (Å²) in [4.78, 5) is 0. The summed E-state index contributed by atoms with van der Waals surface area (Å²) in [5.41, 5.74) is 1.26. The first kappa shape index (κ1) is 11.6. The standard InChI is InChI=1S/C13H23N3/c1-3-7-14-10-12-5-4-11(12)9-13-6-8-16(2)15-13/h6,8,11-12,14H,3-5,7,9-10H2,1-2H3. The van der Waals surface area contributed by atoms with E-state index in [2.05, 4.69) is 23.4 Å². The van der Waals surface area contributed by atoms with Crippen LogP contribution in [-0.4, -0.2) is 22.9 Å². The Morgan fingerprint density at radius 2 is 2.25 bits per heavy atom. The van der Waals surface area contributed by atoms with Crippen LogP contribution in [0.25, 0.3) is 0 Å². The maximum atomic E-state index is 4.46. The van der Waals surface area contributed by atoms with Gasteiger partial charge in [0.05, 0.1) is 5.69 Å². The number of aromatic nitrogens is 2. The van der Waals surface area contributed by atoms with E-state index in [1.54, 1.807) is 0 Å². The van der Waals surface area contributed by atoms with Crippen LogP contribution in [0.4, 0.5) is 0 Å². The van der Waals surface area contributed by atoms with Crippen LogP contribution in [0.5, 0.6) is 0 Å². The van der Waals surface area contributed by atoms with E-state index in [1.807, 2.05) is 17.9 Å². The summed E-state index contributed by atoms with van der Waals surface area (Å²) < 4.78 is 1.90. The van der Waals surface area contributed by atoms with E-state index in [-0.39, 0.29) is 0 Å². The molecule has 1 aliphatic rings. The molecular weight excluding hydrogens is 198 g/mol. The van der Waals surface area contributed by atoms with Crippen LogP contribution in [-0.2, 0) is 13.5 Å². The predicted octanol–water partition coefficient (Wildman–Crippen LogP) is 1.99. The molecular formula is C13H23N3. The second-order valence-electron chi connectivity index (χ2n) is 4.99. The Bertz CT molecular complexity index is 319. The monoisotopic (exact) mass is 221 g/mol. The van der Waals surface area contributed by atoms with Crippen molar-refractivity contribution < 1.29 is 0 Å². The van der Waals surface area contributed by atoms with Gasteiger partial charge >= 0.3 is 0 Å². The van der Waals surface area contributed by atoms with E-state index in [1.165, 1.54) is 37.9 Å². The Morgan fingerprint density at radius 3 is 2.81 bits per heavy atom. The van der Waals surface area contributed by atoms with Crippen molar-refractivity contribution in [1.82, 2.24) is 15.1 Å². The molecule has 0 aliphatic heterocycles. The number of nitrogens with one attached hydrogen (secondary N) is 1. The van der Waals surface area contributed by atoms with Crippen molar-refractivity contribution in [2.75, 3.05) is 13.1 Å². The van der Waals surface area contributed by atoms with Crippen LogP contribution in [0.15, 0.2) is 12.3 Å². The van der Waals surface area contributed by atoms with Gasteiger partial charge in [0.25, 0.3) is 0 Å². The summed E-state index contributed by atoms with van der Waals surface area (Å²) in [5.74, 6) is 1.74. The Labute approximate surface area is 98.2 Å². The predicted molar refractivity (Wildman–Crippen MR) is 66.3 cm³/mol. The highest BCUT2D eigenvalue weighted by atomic mass is 15.2. The lowest BCUT2D eigenvalue weighted by atomic mass is 9.71. The minimum absolute atomic E-state index is 0.860. The normalized spacial score (nSPS) is 24.4. The smallest absolute Gasteiger partial charge is 0.0627 e. The van der Waals surface area contributed by atoms with Gasteiger partial charge in [0, 0.05) is 13.2 Å². The first-order valence-corrected chi connectivity index (χ1v) is 6.49. The maximum absolute atomic E-state index is 4.46. The fourth-order valence-electron chi connectivity index (χ4n) is 2.48. The number of nitrogens with zero attached hydrogens (tertiary/aromatic N) is 2. The zero-order valence-corrected chi connectivity index (χ0v) is 10.4. The lowest BCUT2D eigenvalue weighted by Crippen LogP contribution is -2.36. The molecule has 0 saturated heterocycles. The fourth-order valence-corrected chi connectivity index (χ4v) is 2.48. The van der Waals surface area contributed by atoms with E-state index >= 15 is 0 Å². The molecule has 0 spiro atoms. The van der Waals surface area contributed by atoms with Crippen LogP contribution in [0.1, 0.15) is 31.9 Å². The molecule has 1 N–H and O–H groups in total. The van der Waals surface area contributed by atoms with Crippen molar-refractivity contribution in [3.8, 4) is 0 Å². The van der Waals surface area contributed by atoms with Gasteiger partial charge in [-0.3, -0.25) is 4.68 Å². The van der Waals surface area contributed by atoms with Crippen LogP contribution in [0.2, 0.25) is 0 Å². The topological polar surface area (TPSA) is 29.9 Å². The van der Waals surface area contributed by atoms with Gasteiger partial charge in [-0.05, 0) is 56.7 Å². The fraction of sp³-hybridized carbons (Fsp3) is 0.769. The van der Waals surface area contributed by atoms with Gasteiger partial charge < -0.3 is 5.32 Å². The first-order valence-electron chi connectivity index (χ1n) is 6.49. The largest absolute Gasteiger partial charge is 0.316 e. The second-order valence-corrected chi connectivity index (χ2v) is 4.99. The number of rotatable bonds is 6. The van der Waals surface area contributed by atoms with E-state index in [4.69, 9.17) is 0 Å². The van der Waals surface area contributed by atoms with E-state index in [0.29, 0.717) is 0 Å². The molecule has 90 valence electrons. The van der Waals surface area contributed by atoms with E-state index in [0.717, 1.165) is 18.4 Å². The Hall–Kier alpha value is -0.830. The van der Waals surface area contributed by atoms with E-state index < -0.39 is 0 Å². The van der Waals surface area contributed by atoms with Gasteiger partial charge in [0.15, 0.2) is 0 Å². The molecule has 1 aliphatic carbocycles. The molecule has 16 heavy (non-hydrogen) atoms. The number of hydrogen-bond acceptors (Lipinski definition) is 2. The summed E-state index contributed by atoms with van der Waals surface area (Å²) >= 11 is 0. The molecule has 0 amide bonds. The molecule has 1 aromatic heterocycles. The van der Waals surface area contributed by atoms with E-state index in [9.17, 15) is 0 Å². The molecule has 0 bridgehead atoms. The third kappa shape index (κ3) is 2.85. The van der Waals surface area contributed by atoms with Crippen molar-refractivity contribution in [1.29, 1.82) is 0 Å². The first-order chi connectivity index (χ1) is 7.79. The summed E-state index contributed by atoms with van der Waals surface area (Å²) in [6, 6.07) is 2.15. The Morgan fingerprint density at radius 1 is 1.44 bits per heavy atom. The zero-order chi connectivity index (χ0) is 11.4. The summed E-state index contributed by atoms with van der Waals surface area (Å²) in [5, 5.41) is 7.99. The third-order valence-corrected chi connectivity index (χ3v) is 3.65. The molecule has 0 radical (unpaired) electrons.